The highest BCUT2D eigenvalue weighted by molar-refractivity contribution is 7.12. The summed E-state index contributed by atoms with van der Waals surface area (Å²) in [6.07, 6.45) is 2.17. The van der Waals surface area contributed by atoms with Gasteiger partial charge in [-0.2, -0.15) is 0 Å². The second-order valence-corrected chi connectivity index (χ2v) is 5.28. The number of fused-ring (bicyclic) bond motifs is 1. The van der Waals surface area contributed by atoms with Crippen molar-refractivity contribution < 1.29 is 0 Å². The number of nitrogens with zero attached hydrogens (tertiary/aromatic N) is 1. The van der Waals surface area contributed by atoms with E-state index in [4.69, 9.17) is 0 Å². The van der Waals surface area contributed by atoms with Gasteiger partial charge in [0.1, 0.15) is 0 Å². The van der Waals surface area contributed by atoms with E-state index in [0.717, 1.165) is 13.1 Å². The second-order valence-electron chi connectivity index (χ2n) is 3.96. The molecule has 0 fully saturated rings. The molecule has 1 aliphatic rings. The van der Waals surface area contributed by atoms with Gasteiger partial charge in [-0.25, -0.2) is 0 Å². The molecule has 2 nitrogen and oxygen atoms in total. The summed E-state index contributed by atoms with van der Waals surface area (Å²) in [5.74, 6) is 0. The van der Waals surface area contributed by atoms with Crippen molar-refractivity contribution in [3.63, 3.8) is 0 Å². The Morgan fingerprint density at radius 1 is 1.40 bits per heavy atom. The predicted molar refractivity (Wildman–Crippen MR) is 63.3 cm³/mol. The Morgan fingerprint density at radius 3 is 3.13 bits per heavy atom. The Morgan fingerprint density at radius 2 is 2.33 bits per heavy atom. The van der Waals surface area contributed by atoms with E-state index in [1.165, 1.54) is 15.4 Å². The van der Waals surface area contributed by atoms with Crippen molar-refractivity contribution >= 4 is 11.3 Å². The molecule has 3 rings (SSSR count). The molecular weight excluding hydrogens is 204 g/mol. The van der Waals surface area contributed by atoms with Crippen molar-refractivity contribution in [3.05, 3.63) is 45.9 Å². The fourth-order valence-corrected chi connectivity index (χ4v) is 3.15. The van der Waals surface area contributed by atoms with Crippen molar-refractivity contribution in [3.8, 4) is 0 Å². The lowest BCUT2D eigenvalue weighted by atomic mass is 10.1. The number of nitrogens with one attached hydrogen (secondary N) is 1. The first-order valence-corrected chi connectivity index (χ1v) is 6.11. The Bertz CT molecular complexity index is 469. The summed E-state index contributed by atoms with van der Waals surface area (Å²) in [6.45, 7) is 4.31. The summed E-state index contributed by atoms with van der Waals surface area (Å²) in [5, 5.41) is 3.58. The fourth-order valence-electron chi connectivity index (χ4n) is 2.18. The van der Waals surface area contributed by atoms with Crippen LogP contribution in [0.1, 0.15) is 21.5 Å². The zero-order valence-corrected chi connectivity index (χ0v) is 9.55. The van der Waals surface area contributed by atoms with Crippen LogP contribution in [0.25, 0.3) is 0 Å². The SMILES string of the molecule is Cc1ccc([C@@H]2NCCn3cccc32)s1. The van der Waals surface area contributed by atoms with Crippen LogP contribution in [-0.2, 0) is 6.54 Å². The third-order valence-corrected chi connectivity index (χ3v) is 3.97. The first-order valence-electron chi connectivity index (χ1n) is 5.29. The quantitative estimate of drug-likeness (QED) is 0.778. The zero-order chi connectivity index (χ0) is 10.3. The summed E-state index contributed by atoms with van der Waals surface area (Å²) < 4.78 is 2.34. The maximum absolute atomic E-state index is 3.58. The molecule has 0 saturated carbocycles. The molecule has 1 aliphatic heterocycles. The Labute approximate surface area is 93.6 Å². The molecule has 1 N–H and O–H groups in total. The van der Waals surface area contributed by atoms with E-state index in [1.54, 1.807) is 0 Å². The fraction of sp³-hybridized carbons (Fsp3) is 0.333. The molecule has 0 aliphatic carbocycles. The topological polar surface area (TPSA) is 17.0 Å². The van der Waals surface area contributed by atoms with Gasteiger partial charge < -0.3 is 9.88 Å². The normalized spacial score (nSPS) is 20.2. The summed E-state index contributed by atoms with van der Waals surface area (Å²) in [7, 11) is 0. The molecule has 0 unspecified atom stereocenters. The zero-order valence-electron chi connectivity index (χ0n) is 8.73. The highest BCUT2D eigenvalue weighted by atomic mass is 32.1. The molecule has 0 amide bonds. The van der Waals surface area contributed by atoms with Crippen molar-refractivity contribution in [2.75, 3.05) is 6.54 Å². The first kappa shape index (κ1) is 9.19. The molecule has 1 atom stereocenters. The molecule has 2 aromatic heterocycles. The van der Waals surface area contributed by atoms with Gasteiger partial charge in [-0.15, -0.1) is 11.3 Å². The molecule has 0 saturated heterocycles. The monoisotopic (exact) mass is 218 g/mol. The minimum absolute atomic E-state index is 0.396. The van der Waals surface area contributed by atoms with Gasteiger partial charge in [0.2, 0.25) is 0 Å². The number of hydrogen-bond acceptors (Lipinski definition) is 2. The van der Waals surface area contributed by atoms with E-state index >= 15 is 0 Å². The van der Waals surface area contributed by atoms with Gasteiger partial charge in [-0.05, 0) is 31.2 Å². The number of thiophene rings is 1. The van der Waals surface area contributed by atoms with Crippen LogP contribution in [0.4, 0.5) is 0 Å². The summed E-state index contributed by atoms with van der Waals surface area (Å²) in [6, 6.07) is 9.18. The molecule has 0 aromatic carbocycles. The summed E-state index contributed by atoms with van der Waals surface area (Å²) in [5.41, 5.74) is 1.39. The van der Waals surface area contributed by atoms with Crippen LogP contribution in [0.5, 0.6) is 0 Å². The Kier molecular flexibility index (Phi) is 2.15. The average molecular weight is 218 g/mol. The van der Waals surface area contributed by atoms with Gasteiger partial charge in [-0.1, -0.05) is 0 Å². The maximum Gasteiger partial charge on any atom is 0.0825 e. The van der Waals surface area contributed by atoms with E-state index in [0.29, 0.717) is 6.04 Å². The standard InChI is InChI=1S/C12H14N2S/c1-9-4-5-11(15-9)12-10-3-2-7-14(10)8-6-13-12/h2-5,7,12-13H,6,8H2,1H3/t12-/m1/s1. The van der Waals surface area contributed by atoms with Gasteiger partial charge in [0, 0.05) is 34.7 Å². The highest BCUT2D eigenvalue weighted by Crippen LogP contribution is 2.30. The molecule has 2 aromatic rings. The highest BCUT2D eigenvalue weighted by Gasteiger charge is 2.21. The average Bonchev–Trinajstić information content (AvgIpc) is 2.84. The minimum Gasteiger partial charge on any atom is -0.348 e. The van der Waals surface area contributed by atoms with E-state index in [-0.39, 0.29) is 0 Å². The van der Waals surface area contributed by atoms with Crippen LogP contribution in [0, 0.1) is 6.92 Å². The lowest BCUT2D eigenvalue weighted by Crippen LogP contribution is -2.32. The van der Waals surface area contributed by atoms with E-state index < -0.39 is 0 Å². The first-order chi connectivity index (χ1) is 7.34. The molecule has 15 heavy (non-hydrogen) atoms. The molecule has 0 radical (unpaired) electrons. The number of hydrogen-bond donors (Lipinski definition) is 1. The predicted octanol–water partition coefficient (Wildman–Crippen LogP) is 2.55. The number of aromatic nitrogens is 1. The van der Waals surface area contributed by atoms with Gasteiger partial charge in [0.25, 0.3) is 0 Å². The van der Waals surface area contributed by atoms with Crippen LogP contribution in [0.3, 0.4) is 0 Å². The minimum atomic E-state index is 0.396. The van der Waals surface area contributed by atoms with Crippen LogP contribution < -0.4 is 5.32 Å². The van der Waals surface area contributed by atoms with Crippen molar-refractivity contribution in [2.24, 2.45) is 0 Å². The summed E-state index contributed by atoms with van der Waals surface area (Å²) in [4.78, 5) is 2.81. The Hall–Kier alpha value is -1.06. The van der Waals surface area contributed by atoms with E-state index in [1.807, 2.05) is 11.3 Å². The van der Waals surface area contributed by atoms with Crippen LogP contribution in [0.2, 0.25) is 0 Å². The smallest absolute Gasteiger partial charge is 0.0825 e. The van der Waals surface area contributed by atoms with E-state index in [9.17, 15) is 0 Å². The number of rotatable bonds is 1. The molecule has 0 spiro atoms. The van der Waals surface area contributed by atoms with Crippen LogP contribution >= 0.6 is 11.3 Å². The Balaban J connectivity index is 2.02. The van der Waals surface area contributed by atoms with Gasteiger partial charge >= 0.3 is 0 Å². The third kappa shape index (κ3) is 1.52. The summed E-state index contributed by atoms with van der Waals surface area (Å²) >= 11 is 1.89. The second kappa shape index (κ2) is 3.51. The molecule has 78 valence electrons. The molecular formula is C12H14N2S. The maximum atomic E-state index is 3.58. The molecule has 3 heterocycles. The van der Waals surface area contributed by atoms with Gasteiger partial charge in [0.05, 0.1) is 6.04 Å². The van der Waals surface area contributed by atoms with Crippen LogP contribution in [0.15, 0.2) is 30.5 Å². The van der Waals surface area contributed by atoms with Gasteiger partial charge in [0.15, 0.2) is 0 Å². The molecule has 0 bridgehead atoms. The van der Waals surface area contributed by atoms with Crippen molar-refractivity contribution in [2.45, 2.75) is 19.5 Å². The third-order valence-electron chi connectivity index (χ3n) is 2.91. The van der Waals surface area contributed by atoms with Crippen molar-refractivity contribution in [1.82, 2.24) is 9.88 Å². The van der Waals surface area contributed by atoms with Crippen LogP contribution in [-0.4, -0.2) is 11.1 Å². The lowest BCUT2D eigenvalue weighted by Gasteiger charge is -2.25. The van der Waals surface area contributed by atoms with E-state index in [2.05, 4.69) is 47.3 Å². The lowest BCUT2D eigenvalue weighted by molar-refractivity contribution is 0.471. The molecule has 3 heteroatoms. The number of aryl methyl sites for hydroxylation is 1. The van der Waals surface area contributed by atoms with Crippen molar-refractivity contribution in [1.29, 1.82) is 0 Å². The largest absolute Gasteiger partial charge is 0.348 e. The van der Waals surface area contributed by atoms with Gasteiger partial charge in [-0.3, -0.25) is 0 Å².